The quantitative estimate of drug-likeness (QED) is 0.882. The minimum Gasteiger partial charge on any atom is -0.491 e. The predicted molar refractivity (Wildman–Crippen MR) is 74.4 cm³/mol. The molecule has 1 aliphatic heterocycles. The SMILES string of the molecule is CC(C)Oc1ccc(C(CO)N2CCOCC2)cc1. The van der Waals surface area contributed by atoms with E-state index in [1.165, 1.54) is 0 Å². The van der Waals surface area contributed by atoms with E-state index in [0.717, 1.165) is 37.6 Å². The molecule has 1 aliphatic rings. The Labute approximate surface area is 114 Å². The molecule has 0 amide bonds. The first kappa shape index (κ1) is 14.3. The average molecular weight is 265 g/mol. The van der Waals surface area contributed by atoms with Crippen LogP contribution in [-0.4, -0.2) is 49.0 Å². The summed E-state index contributed by atoms with van der Waals surface area (Å²) in [5.74, 6) is 0.873. The number of aliphatic hydroxyl groups is 1. The van der Waals surface area contributed by atoms with Crippen LogP contribution in [0.15, 0.2) is 24.3 Å². The van der Waals surface area contributed by atoms with E-state index in [4.69, 9.17) is 9.47 Å². The van der Waals surface area contributed by atoms with Crippen LogP contribution < -0.4 is 4.74 Å². The molecule has 4 nitrogen and oxygen atoms in total. The van der Waals surface area contributed by atoms with Crippen molar-refractivity contribution in [1.29, 1.82) is 0 Å². The van der Waals surface area contributed by atoms with E-state index in [1.54, 1.807) is 0 Å². The maximum Gasteiger partial charge on any atom is 0.119 e. The summed E-state index contributed by atoms with van der Waals surface area (Å²) in [5, 5.41) is 9.63. The number of hydrogen-bond acceptors (Lipinski definition) is 4. The summed E-state index contributed by atoms with van der Waals surface area (Å²) in [6.07, 6.45) is 0.179. The molecule has 1 unspecified atom stereocenters. The summed E-state index contributed by atoms with van der Waals surface area (Å²) in [6, 6.07) is 8.07. The van der Waals surface area contributed by atoms with Gasteiger partial charge in [0.1, 0.15) is 5.75 Å². The second-order valence-corrected chi connectivity index (χ2v) is 5.08. The molecule has 0 aromatic heterocycles. The first-order valence-corrected chi connectivity index (χ1v) is 6.90. The Kier molecular flexibility index (Phi) is 5.19. The lowest BCUT2D eigenvalue weighted by Gasteiger charge is -2.33. The highest BCUT2D eigenvalue weighted by molar-refractivity contribution is 5.29. The first-order valence-electron chi connectivity index (χ1n) is 6.90. The Balaban J connectivity index is 2.05. The maximum atomic E-state index is 9.63. The molecule has 1 heterocycles. The number of benzene rings is 1. The molecule has 0 spiro atoms. The fourth-order valence-corrected chi connectivity index (χ4v) is 2.36. The minimum atomic E-state index is 0.0528. The smallest absolute Gasteiger partial charge is 0.119 e. The van der Waals surface area contributed by atoms with Crippen LogP contribution in [0.4, 0.5) is 0 Å². The number of hydrogen-bond donors (Lipinski definition) is 1. The predicted octanol–water partition coefficient (Wildman–Crippen LogP) is 1.84. The van der Waals surface area contributed by atoms with Gasteiger partial charge in [-0.3, -0.25) is 4.90 Å². The Morgan fingerprint density at radius 2 is 1.84 bits per heavy atom. The second kappa shape index (κ2) is 6.89. The normalized spacial score (nSPS) is 18.5. The van der Waals surface area contributed by atoms with Gasteiger partial charge in [-0.2, -0.15) is 0 Å². The molecule has 0 aliphatic carbocycles. The van der Waals surface area contributed by atoms with Gasteiger partial charge in [0.25, 0.3) is 0 Å². The van der Waals surface area contributed by atoms with E-state index < -0.39 is 0 Å². The van der Waals surface area contributed by atoms with Crippen LogP contribution in [0.2, 0.25) is 0 Å². The molecule has 0 saturated carbocycles. The van der Waals surface area contributed by atoms with Crippen LogP contribution in [0.25, 0.3) is 0 Å². The summed E-state index contributed by atoms with van der Waals surface area (Å²) < 4.78 is 11.0. The average Bonchev–Trinajstić information content (AvgIpc) is 2.42. The van der Waals surface area contributed by atoms with Gasteiger partial charge in [-0.05, 0) is 31.5 Å². The lowest BCUT2D eigenvalue weighted by atomic mass is 10.1. The van der Waals surface area contributed by atoms with Crippen molar-refractivity contribution in [2.45, 2.75) is 26.0 Å². The monoisotopic (exact) mass is 265 g/mol. The Hall–Kier alpha value is -1.10. The maximum absolute atomic E-state index is 9.63. The van der Waals surface area contributed by atoms with Crippen LogP contribution in [-0.2, 0) is 4.74 Å². The summed E-state index contributed by atoms with van der Waals surface area (Å²) in [6.45, 7) is 7.38. The van der Waals surface area contributed by atoms with Gasteiger partial charge in [0.05, 0.1) is 32.0 Å². The van der Waals surface area contributed by atoms with Gasteiger partial charge in [0.15, 0.2) is 0 Å². The zero-order chi connectivity index (χ0) is 13.7. The van der Waals surface area contributed by atoms with Crippen LogP contribution in [0, 0.1) is 0 Å². The minimum absolute atomic E-state index is 0.0528. The van der Waals surface area contributed by atoms with Crippen LogP contribution in [0.3, 0.4) is 0 Å². The molecule has 1 aromatic rings. The molecule has 1 fully saturated rings. The third-order valence-corrected chi connectivity index (χ3v) is 3.30. The zero-order valence-electron chi connectivity index (χ0n) is 11.7. The number of nitrogens with zero attached hydrogens (tertiary/aromatic N) is 1. The Bertz CT molecular complexity index is 371. The Morgan fingerprint density at radius 1 is 1.21 bits per heavy atom. The molecule has 1 N–H and O–H groups in total. The molecule has 0 bridgehead atoms. The fraction of sp³-hybridized carbons (Fsp3) is 0.600. The number of rotatable bonds is 5. The van der Waals surface area contributed by atoms with E-state index in [-0.39, 0.29) is 18.8 Å². The highest BCUT2D eigenvalue weighted by atomic mass is 16.5. The summed E-state index contributed by atoms with van der Waals surface area (Å²) >= 11 is 0. The first-order chi connectivity index (χ1) is 9.20. The summed E-state index contributed by atoms with van der Waals surface area (Å²) in [4.78, 5) is 2.27. The van der Waals surface area contributed by atoms with E-state index in [2.05, 4.69) is 4.90 Å². The van der Waals surface area contributed by atoms with Crippen LogP contribution in [0.5, 0.6) is 5.75 Å². The van der Waals surface area contributed by atoms with E-state index in [9.17, 15) is 5.11 Å². The standard InChI is InChI=1S/C15H23NO3/c1-12(2)19-14-5-3-13(4-6-14)15(11-17)16-7-9-18-10-8-16/h3-6,12,15,17H,7-11H2,1-2H3. The number of aliphatic hydroxyl groups excluding tert-OH is 1. The third kappa shape index (κ3) is 3.93. The van der Waals surface area contributed by atoms with E-state index >= 15 is 0 Å². The van der Waals surface area contributed by atoms with Crippen molar-refractivity contribution < 1.29 is 14.6 Å². The van der Waals surface area contributed by atoms with E-state index in [0.29, 0.717) is 0 Å². The number of ether oxygens (including phenoxy) is 2. The highest BCUT2D eigenvalue weighted by Crippen LogP contribution is 2.24. The van der Waals surface area contributed by atoms with Gasteiger partial charge in [-0.25, -0.2) is 0 Å². The van der Waals surface area contributed by atoms with Crippen molar-refractivity contribution >= 4 is 0 Å². The van der Waals surface area contributed by atoms with Crippen molar-refractivity contribution in [1.82, 2.24) is 4.90 Å². The van der Waals surface area contributed by atoms with Gasteiger partial charge < -0.3 is 14.6 Å². The van der Waals surface area contributed by atoms with Gasteiger partial charge >= 0.3 is 0 Å². The molecular weight excluding hydrogens is 242 g/mol. The molecule has 1 aromatic carbocycles. The lowest BCUT2D eigenvalue weighted by molar-refractivity contribution is 0.00257. The fourth-order valence-electron chi connectivity index (χ4n) is 2.36. The molecule has 19 heavy (non-hydrogen) atoms. The molecule has 1 atom stereocenters. The summed E-state index contributed by atoms with van der Waals surface area (Å²) in [7, 11) is 0. The Morgan fingerprint density at radius 3 is 2.37 bits per heavy atom. The topological polar surface area (TPSA) is 41.9 Å². The molecule has 4 heteroatoms. The lowest BCUT2D eigenvalue weighted by Crippen LogP contribution is -2.40. The highest BCUT2D eigenvalue weighted by Gasteiger charge is 2.21. The summed E-state index contributed by atoms with van der Waals surface area (Å²) in [5.41, 5.74) is 1.13. The number of morpholine rings is 1. The van der Waals surface area contributed by atoms with Crippen LogP contribution >= 0.6 is 0 Å². The van der Waals surface area contributed by atoms with Crippen molar-refractivity contribution in [3.63, 3.8) is 0 Å². The second-order valence-electron chi connectivity index (χ2n) is 5.08. The zero-order valence-corrected chi connectivity index (χ0v) is 11.7. The van der Waals surface area contributed by atoms with Gasteiger partial charge in [0, 0.05) is 13.1 Å². The van der Waals surface area contributed by atoms with E-state index in [1.807, 2.05) is 38.1 Å². The largest absolute Gasteiger partial charge is 0.491 e. The van der Waals surface area contributed by atoms with Gasteiger partial charge in [0.2, 0.25) is 0 Å². The van der Waals surface area contributed by atoms with Gasteiger partial charge in [-0.15, -0.1) is 0 Å². The molecule has 2 rings (SSSR count). The van der Waals surface area contributed by atoms with Crippen LogP contribution in [0.1, 0.15) is 25.5 Å². The van der Waals surface area contributed by atoms with Gasteiger partial charge in [-0.1, -0.05) is 12.1 Å². The van der Waals surface area contributed by atoms with Crippen molar-refractivity contribution in [2.24, 2.45) is 0 Å². The third-order valence-electron chi connectivity index (χ3n) is 3.30. The van der Waals surface area contributed by atoms with Crippen molar-refractivity contribution in [3.05, 3.63) is 29.8 Å². The molecule has 0 radical (unpaired) electrons. The molecular formula is C15H23NO3. The van der Waals surface area contributed by atoms with Crippen molar-refractivity contribution in [3.8, 4) is 5.75 Å². The molecule has 1 saturated heterocycles. The van der Waals surface area contributed by atoms with Crippen molar-refractivity contribution in [2.75, 3.05) is 32.9 Å². The molecule has 106 valence electrons.